The van der Waals surface area contributed by atoms with E-state index in [4.69, 9.17) is 10.8 Å². The van der Waals surface area contributed by atoms with Gasteiger partial charge in [-0.1, -0.05) is 0 Å². The fourth-order valence-electron chi connectivity index (χ4n) is 0.748. The molecule has 0 aliphatic carbocycles. The van der Waals surface area contributed by atoms with Crippen LogP contribution in [0.25, 0.3) is 0 Å². The molecule has 3 N–H and O–H groups in total. The van der Waals surface area contributed by atoms with Crippen LogP contribution in [0.1, 0.15) is 5.69 Å². The number of rotatable bonds is 3. The molecular weight excluding hydrogens is 158 g/mol. The van der Waals surface area contributed by atoms with Crippen LogP contribution < -0.4 is 5.73 Å². The van der Waals surface area contributed by atoms with E-state index >= 15 is 0 Å². The van der Waals surface area contributed by atoms with Gasteiger partial charge in [-0.25, -0.2) is 0 Å². The van der Waals surface area contributed by atoms with Gasteiger partial charge < -0.3 is 10.8 Å². The van der Waals surface area contributed by atoms with Crippen LogP contribution >= 0.6 is 0 Å². The lowest BCUT2D eigenvalue weighted by Crippen LogP contribution is -2.32. The number of aromatic nitrogens is 2. The topological polar surface area (TPSA) is 89.1 Å². The van der Waals surface area contributed by atoms with Crippen molar-refractivity contribution in [2.75, 3.05) is 0 Å². The first kappa shape index (κ1) is 8.61. The fourth-order valence-corrected chi connectivity index (χ4v) is 0.748. The van der Waals surface area contributed by atoms with E-state index in [1.165, 1.54) is 18.6 Å². The Morgan fingerprint density at radius 1 is 1.67 bits per heavy atom. The lowest BCUT2D eigenvalue weighted by Gasteiger charge is -2.03. The number of aliphatic carboxylic acids is 1. The normalized spacial score (nSPS) is 12.4. The molecule has 12 heavy (non-hydrogen) atoms. The summed E-state index contributed by atoms with van der Waals surface area (Å²) in [6, 6.07) is -0.901. The van der Waals surface area contributed by atoms with E-state index in [-0.39, 0.29) is 6.42 Å². The molecule has 1 aromatic rings. The zero-order valence-corrected chi connectivity index (χ0v) is 6.34. The summed E-state index contributed by atoms with van der Waals surface area (Å²) in [6.07, 6.45) is 4.74. The summed E-state index contributed by atoms with van der Waals surface area (Å²) in [4.78, 5) is 18.0. The van der Waals surface area contributed by atoms with E-state index in [2.05, 4.69) is 9.97 Å². The second kappa shape index (κ2) is 3.77. The van der Waals surface area contributed by atoms with E-state index in [1.54, 1.807) is 0 Å². The molecule has 0 radical (unpaired) electrons. The molecule has 0 aromatic carbocycles. The van der Waals surface area contributed by atoms with Gasteiger partial charge in [0.2, 0.25) is 0 Å². The van der Waals surface area contributed by atoms with Crippen LogP contribution in [0.4, 0.5) is 0 Å². The molecule has 1 heterocycles. The highest BCUT2D eigenvalue weighted by molar-refractivity contribution is 5.73. The Kier molecular flexibility index (Phi) is 2.71. The third-order valence-electron chi connectivity index (χ3n) is 1.36. The third kappa shape index (κ3) is 2.28. The second-order valence-electron chi connectivity index (χ2n) is 2.35. The number of carboxylic acids is 1. The fraction of sp³-hybridized carbons (Fsp3) is 0.286. The monoisotopic (exact) mass is 167 g/mol. The van der Waals surface area contributed by atoms with Crippen molar-refractivity contribution in [3.8, 4) is 0 Å². The molecule has 0 amide bonds. The van der Waals surface area contributed by atoms with Crippen molar-refractivity contribution in [2.45, 2.75) is 12.5 Å². The summed E-state index contributed by atoms with van der Waals surface area (Å²) < 4.78 is 0. The van der Waals surface area contributed by atoms with E-state index in [9.17, 15) is 4.79 Å². The van der Waals surface area contributed by atoms with Crippen molar-refractivity contribution in [1.82, 2.24) is 9.97 Å². The molecular formula is C7H9N3O2. The average Bonchev–Trinajstić information content (AvgIpc) is 2.06. The van der Waals surface area contributed by atoms with Crippen LogP contribution in [0.5, 0.6) is 0 Å². The van der Waals surface area contributed by atoms with Crippen molar-refractivity contribution in [3.63, 3.8) is 0 Å². The minimum Gasteiger partial charge on any atom is -0.480 e. The first-order valence-corrected chi connectivity index (χ1v) is 3.43. The van der Waals surface area contributed by atoms with Gasteiger partial charge in [0.05, 0.1) is 5.69 Å². The smallest absolute Gasteiger partial charge is 0.320 e. The zero-order chi connectivity index (χ0) is 8.97. The molecule has 0 saturated carbocycles. The summed E-state index contributed by atoms with van der Waals surface area (Å²) >= 11 is 0. The first-order valence-electron chi connectivity index (χ1n) is 3.43. The van der Waals surface area contributed by atoms with Gasteiger partial charge in [0.15, 0.2) is 0 Å². The molecule has 5 heteroatoms. The minimum absolute atomic E-state index is 0.211. The predicted octanol–water partition coefficient (Wildman–Crippen LogP) is -0.569. The van der Waals surface area contributed by atoms with Crippen LogP contribution in [0, 0.1) is 0 Å². The molecule has 0 aliphatic heterocycles. The van der Waals surface area contributed by atoms with Gasteiger partial charge in [-0.2, -0.15) is 0 Å². The second-order valence-corrected chi connectivity index (χ2v) is 2.35. The molecule has 0 unspecified atom stereocenters. The van der Waals surface area contributed by atoms with Gasteiger partial charge in [0.1, 0.15) is 6.04 Å². The third-order valence-corrected chi connectivity index (χ3v) is 1.36. The van der Waals surface area contributed by atoms with Gasteiger partial charge >= 0.3 is 5.97 Å². The van der Waals surface area contributed by atoms with Crippen molar-refractivity contribution in [1.29, 1.82) is 0 Å². The molecule has 0 spiro atoms. The van der Waals surface area contributed by atoms with Crippen molar-refractivity contribution >= 4 is 5.97 Å². The average molecular weight is 167 g/mol. The van der Waals surface area contributed by atoms with E-state index in [0.717, 1.165) is 0 Å². The maximum atomic E-state index is 10.3. The summed E-state index contributed by atoms with van der Waals surface area (Å²) in [5.74, 6) is -1.03. The highest BCUT2D eigenvalue weighted by atomic mass is 16.4. The summed E-state index contributed by atoms with van der Waals surface area (Å²) in [6.45, 7) is 0. The molecule has 5 nitrogen and oxygen atoms in total. The maximum Gasteiger partial charge on any atom is 0.320 e. The first-order chi connectivity index (χ1) is 5.70. The van der Waals surface area contributed by atoms with Gasteiger partial charge in [-0.15, -0.1) is 0 Å². The van der Waals surface area contributed by atoms with Gasteiger partial charge in [0, 0.05) is 25.0 Å². The lowest BCUT2D eigenvalue weighted by molar-refractivity contribution is -0.138. The molecule has 0 saturated heterocycles. The number of carbonyl (C=O) groups is 1. The number of carboxylic acid groups (broad SMARTS) is 1. The number of hydrogen-bond donors (Lipinski definition) is 2. The molecule has 0 bridgehead atoms. The highest BCUT2D eigenvalue weighted by Gasteiger charge is 2.12. The SMILES string of the molecule is N[C@H](Cc1cnccn1)C(=O)O. The van der Waals surface area contributed by atoms with Crippen molar-refractivity contribution < 1.29 is 9.90 Å². The largest absolute Gasteiger partial charge is 0.480 e. The Hall–Kier alpha value is -1.49. The summed E-state index contributed by atoms with van der Waals surface area (Å²) in [5, 5.41) is 8.47. The zero-order valence-electron chi connectivity index (χ0n) is 6.34. The highest BCUT2D eigenvalue weighted by Crippen LogP contribution is 1.94. The number of nitrogens with zero attached hydrogens (tertiary/aromatic N) is 2. The quantitative estimate of drug-likeness (QED) is 0.629. The minimum atomic E-state index is -1.03. The Balaban J connectivity index is 2.58. The Bertz CT molecular complexity index is 263. The Morgan fingerprint density at radius 3 is 2.92 bits per heavy atom. The molecule has 64 valence electrons. The van der Waals surface area contributed by atoms with Gasteiger partial charge in [-0.3, -0.25) is 14.8 Å². The van der Waals surface area contributed by atoms with E-state index in [1.807, 2.05) is 0 Å². The van der Waals surface area contributed by atoms with Crippen LogP contribution in [0.3, 0.4) is 0 Å². The van der Waals surface area contributed by atoms with Gasteiger partial charge in [0.25, 0.3) is 0 Å². The van der Waals surface area contributed by atoms with Crippen LogP contribution in [-0.4, -0.2) is 27.1 Å². The van der Waals surface area contributed by atoms with Crippen molar-refractivity contribution in [3.05, 3.63) is 24.3 Å². The molecule has 1 aromatic heterocycles. The number of hydrogen-bond acceptors (Lipinski definition) is 4. The summed E-state index contributed by atoms with van der Waals surface area (Å²) in [7, 11) is 0. The molecule has 0 aliphatic rings. The van der Waals surface area contributed by atoms with E-state index < -0.39 is 12.0 Å². The van der Waals surface area contributed by atoms with E-state index in [0.29, 0.717) is 5.69 Å². The molecule has 1 atom stereocenters. The number of nitrogens with two attached hydrogens (primary N) is 1. The van der Waals surface area contributed by atoms with Crippen LogP contribution in [-0.2, 0) is 11.2 Å². The summed E-state index contributed by atoms with van der Waals surface area (Å²) in [5.41, 5.74) is 5.87. The Labute approximate surface area is 69.3 Å². The van der Waals surface area contributed by atoms with Crippen LogP contribution in [0.15, 0.2) is 18.6 Å². The maximum absolute atomic E-state index is 10.3. The molecule has 0 fully saturated rings. The van der Waals surface area contributed by atoms with Crippen molar-refractivity contribution in [2.24, 2.45) is 5.73 Å². The Morgan fingerprint density at radius 2 is 2.42 bits per heavy atom. The standard InChI is InChI=1S/C7H9N3O2/c8-6(7(11)12)3-5-4-9-1-2-10-5/h1-2,4,6H,3,8H2,(H,11,12)/t6-/m1/s1. The molecule has 1 rings (SSSR count). The lowest BCUT2D eigenvalue weighted by atomic mass is 10.2. The van der Waals surface area contributed by atoms with Gasteiger partial charge in [-0.05, 0) is 0 Å². The predicted molar refractivity (Wildman–Crippen MR) is 41.3 cm³/mol. The van der Waals surface area contributed by atoms with Crippen LogP contribution in [0.2, 0.25) is 0 Å².